The SMILES string of the molecule is CCCCCCCCCCC/C=C\C/C=C\CCCCCCCCCCCCCC(=O)NC(COC1OC(CO)C(OC2OC(CO)C(O)C(OC3(C(=O)O)CC(O)C(NC(C)=O)C(C(O)C(O)CO)O3)C2O)C(O)C1O)C(O)/C=C/CCCCCCCCCCCCCCC. The number of ether oxygens (including phenoxy) is 6. The maximum absolute atomic E-state index is 13.5. The van der Waals surface area contributed by atoms with E-state index in [1.165, 1.54) is 167 Å². The summed E-state index contributed by atoms with van der Waals surface area (Å²) in [6, 6.07) is -2.62. The summed E-state index contributed by atoms with van der Waals surface area (Å²) in [5.41, 5.74) is 0. The Hall–Kier alpha value is -3.05. The molecule has 18 unspecified atom stereocenters. The van der Waals surface area contributed by atoms with Crippen molar-refractivity contribution in [2.24, 2.45) is 0 Å². The number of allylic oxidation sites excluding steroid dienone is 5. The monoisotopic (exact) mass is 1370 g/mol. The zero-order valence-electron chi connectivity index (χ0n) is 58.7. The maximum atomic E-state index is 13.5. The summed E-state index contributed by atoms with van der Waals surface area (Å²) in [5, 5.41) is 136. The largest absolute Gasteiger partial charge is 0.477 e. The molecule has 0 aromatic carbocycles. The molecule has 3 saturated heterocycles. The molecule has 3 heterocycles. The molecule has 3 aliphatic rings. The van der Waals surface area contributed by atoms with Crippen molar-refractivity contribution >= 4 is 17.8 Å². The van der Waals surface area contributed by atoms with Gasteiger partial charge in [0.25, 0.3) is 5.79 Å². The Kier molecular flexibility index (Phi) is 48.0. The summed E-state index contributed by atoms with van der Waals surface area (Å²) >= 11 is 0. The minimum absolute atomic E-state index is 0.197. The summed E-state index contributed by atoms with van der Waals surface area (Å²) in [5.74, 6) is -6.15. The number of carbonyl (C=O) groups excluding carboxylic acids is 2. The fourth-order valence-corrected chi connectivity index (χ4v) is 12.9. The van der Waals surface area contributed by atoms with Crippen molar-refractivity contribution in [3.63, 3.8) is 0 Å². The second kappa shape index (κ2) is 52.9. The van der Waals surface area contributed by atoms with Crippen molar-refractivity contribution < 1.29 is 104 Å². The van der Waals surface area contributed by atoms with Crippen LogP contribution in [0.25, 0.3) is 0 Å². The fourth-order valence-electron chi connectivity index (χ4n) is 12.9. The molecule has 14 N–H and O–H groups in total. The molecule has 18 atom stereocenters. The van der Waals surface area contributed by atoms with Gasteiger partial charge < -0.3 is 100 Å². The number of nitrogens with one attached hydrogen (secondary N) is 2. The number of carboxylic acids is 1. The van der Waals surface area contributed by atoms with Crippen molar-refractivity contribution in [1.82, 2.24) is 10.6 Å². The highest BCUT2D eigenvalue weighted by atomic mass is 16.8. The van der Waals surface area contributed by atoms with Crippen molar-refractivity contribution in [3.05, 3.63) is 36.5 Å². The molecule has 0 saturated carbocycles. The van der Waals surface area contributed by atoms with E-state index in [4.69, 9.17) is 28.4 Å². The van der Waals surface area contributed by atoms with Gasteiger partial charge in [0.15, 0.2) is 12.6 Å². The number of carbonyl (C=O) groups is 3. The number of hydrogen-bond donors (Lipinski definition) is 14. The van der Waals surface area contributed by atoms with Crippen LogP contribution in [0.5, 0.6) is 0 Å². The number of carboxylic acid groups (broad SMARTS) is 1. The van der Waals surface area contributed by atoms with E-state index < -0.39 is 155 Å². The summed E-state index contributed by atoms with van der Waals surface area (Å²) < 4.78 is 34.8. The second-order valence-electron chi connectivity index (χ2n) is 27.2. The number of aliphatic hydroxyl groups excluding tert-OH is 11. The standard InChI is InChI=1S/C73H132N2O21/c1-4-6-8-10-12-14-16-18-20-21-22-23-24-25-26-27-28-29-30-31-33-35-37-39-41-43-45-47-60(83)75-54(55(80)46-44-42-40-38-36-34-32-19-17-15-13-11-9-7-5-2)52-91-70-65(87)64(86)67(59(51-78)93-70)94-71-66(88)69(63(85)58(50-77)92-71)96-73(72(89)90)48-56(81)61(74-53(3)79)68(95-73)62(84)57(82)49-76/h22-23,25-26,44,46,54-59,61-71,76-78,80-82,84-88H,4-21,24,27-43,45,47-52H2,1-3H3,(H,74,79)(H,75,83)(H,89,90)/b23-22-,26-25-,46-44+. The van der Waals surface area contributed by atoms with E-state index in [1.807, 2.05) is 6.08 Å². The topological polar surface area (TPSA) is 373 Å². The van der Waals surface area contributed by atoms with Crippen molar-refractivity contribution in [1.29, 1.82) is 0 Å². The van der Waals surface area contributed by atoms with E-state index in [-0.39, 0.29) is 12.3 Å². The lowest BCUT2D eigenvalue weighted by molar-refractivity contribution is -0.386. The average molecular weight is 1370 g/mol. The molecule has 3 aliphatic heterocycles. The number of amides is 2. The van der Waals surface area contributed by atoms with E-state index in [1.54, 1.807) is 6.08 Å². The molecule has 0 aromatic rings. The van der Waals surface area contributed by atoms with Gasteiger partial charge in [0.05, 0.1) is 50.7 Å². The lowest BCUT2D eigenvalue weighted by Gasteiger charge is -2.50. The summed E-state index contributed by atoms with van der Waals surface area (Å²) in [6.45, 7) is 2.14. The molecule has 0 bridgehead atoms. The van der Waals surface area contributed by atoms with Crippen LogP contribution in [0.4, 0.5) is 0 Å². The Bertz CT molecular complexity index is 2070. The van der Waals surface area contributed by atoms with E-state index in [9.17, 15) is 75.7 Å². The smallest absolute Gasteiger partial charge is 0.364 e. The summed E-state index contributed by atoms with van der Waals surface area (Å²) in [4.78, 5) is 38.6. The van der Waals surface area contributed by atoms with Gasteiger partial charge >= 0.3 is 5.97 Å². The highest BCUT2D eigenvalue weighted by molar-refractivity contribution is 5.77. The summed E-state index contributed by atoms with van der Waals surface area (Å²) in [7, 11) is 0. The predicted molar refractivity (Wildman–Crippen MR) is 366 cm³/mol. The third kappa shape index (κ3) is 34.1. The Morgan fingerprint density at radius 3 is 1.47 bits per heavy atom. The van der Waals surface area contributed by atoms with Crippen LogP contribution in [0.3, 0.4) is 0 Å². The molecule has 3 rings (SSSR count). The molecule has 23 nitrogen and oxygen atoms in total. The Morgan fingerprint density at radius 2 is 1.01 bits per heavy atom. The normalized spacial score (nSPS) is 27.8. The third-order valence-electron chi connectivity index (χ3n) is 18.8. The highest BCUT2D eigenvalue weighted by Gasteiger charge is 2.60. The van der Waals surface area contributed by atoms with Crippen LogP contribution < -0.4 is 10.6 Å². The van der Waals surface area contributed by atoms with Gasteiger partial charge in [-0.2, -0.15) is 0 Å². The van der Waals surface area contributed by atoms with Gasteiger partial charge in [-0.25, -0.2) is 4.79 Å². The molecule has 3 fully saturated rings. The number of unbranched alkanes of at least 4 members (excludes halogenated alkanes) is 33. The van der Waals surface area contributed by atoms with Crippen LogP contribution in [-0.4, -0.2) is 215 Å². The van der Waals surface area contributed by atoms with Crippen LogP contribution >= 0.6 is 0 Å². The first-order valence-electron chi connectivity index (χ1n) is 37.4. The van der Waals surface area contributed by atoms with Gasteiger partial charge in [-0.3, -0.25) is 9.59 Å². The minimum atomic E-state index is -3.08. The van der Waals surface area contributed by atoms with E-state index >= 15 is 0 Å². The lowest BCUT2D eigenvalue weighted by Crippen LogP contribution is -2.70. The summed E-state index contributed by atoms with van der Waals surface area (Å²) in [6.07, 6.45) is 27.6. The molecule has 2 amide bonds. The fraction of sp³-hybridized carbons (Fsp3) is 0.877. The van der Waals surface area contributed by atoms with Gasteiger partial charge in [0.2, 0.25) is 11.8 Å². The molecule has 23 heteroatoms. The van der Waals surface area contributed by atoms with E-state index in [2.05, 4.69) is 48.8 Å². The Morgan fingerprint density at radius 1 is 0.552 bits per heavy atom. The number of aliphatic hydroxyl groups is 11. The molecule has 0 radical (unpaired) electrons. The van der Waals surface area contributed by atoms with Gasteiger partial charge in [-0.05, 0) is 51.4 Å². The van der Waals surface area contributed by atoms with Crippen molar-refractivity contribution in [2.45, 2.75) is 381 Å². The van der Waals surface area contributed by atoms with Crippen molar-refractivity contribution in [3.8, 4) is 0 Å². The first kappa shape index (κ1) is 87.2. The third-order valence-corrected chi connectivity index (χ3v) is 18.8. The molecule has 96 heavy (non-hydrogen) atoms. The first-order valence-corrected chi connectivity index (χ1v) is 37.4. The zero-order chi connectivity index (χ0) is 70.4. The van der Waals surface area contributed by atoms with E-state index in [0.29, 0.717) is 12.8 Å². The maximum Gasteiger partial charge on any atom is 0.364 e. The number of rotatable bonds is 57. The van der Waals surface area contributed by atoms with Crippen LogP contribution in [0, 0.1) is 0 Å². The van der Waals surface area contributed by atoms with Crippen LogP contribution in [-0.2, 0) is 42.8 Å². The molecule has 560 valence electrons. The Labute approximate surface area is 574 Å². The van der Waals surface area contributed by atoms with Crippen LogP contribution in [0.1, 0.15) is 271 Å². The minimum Gasteiger partial charge on any atom is -0.477 e. The van der Waals surface area contributed by atoms with Crippen LogP contribution in [0.15, 0.2) is 36.5 Å². The molecule has 0 aromatic heterocycles. The van der Waals surface area contributed by atoms with Gasteiger partial charge in [0.1, 0.15) is 67.1 Å². The lowest BCUT2D eigenvalue weighted by atomic mass is 9.88. The quantitative estimate of drug-likeness (QED) is 0.0201. The van der Waals surface area contributed by atoms with Crippen LogP contribution in [0.2, 0.25) is 0 Å². The Balaban J connectivity index is 1.54. The first-order chi connectivity index (χ1) is 46.4. The number of aliphatic carboxylic acids is 1. The highest BCUT2D eigenvalue weighted by Crippen LogP contribution is 2.39. The molecular formula is C73H132N2O21. The molecule has 0 aliphatic carbocycles. The predicted octanol–water partition coefficient (Wildman–Crippen LogP) is 8.18. The molecular weight excluding hydrogens is 1240 g/mol. The van der Waals surface area contributed by atoms with E-state index in [0.717, 1.165) is 64.7 Å². The zero-order valence-corrected chi connectivity index (χ0v) is 58.7. The second-order valence-corrected chi connectivity index (χ2v) is 27.2. The van der Waals surface area contributed by atoms with Crippen molar-refractivity contribution in [2.75, 3.05) is 26.4 Å². The molecule has 0 spiro atoms. The number of hydrogen-bond acceptors (Lipinski definition) is 20. The average Bonchev–Trinajstić information content (AvgIpc) is 0.759. The van der Waals surface area contributed by atoms with Gasteiger partial charge in [-0.1, -0.05) is 237 Å². The van der Waals surface area contributed by atoms with Gasteiger partial charge in [0, 0.05) is 19.8 Å². The van der Waals surface area contributed by atoms with Gasteiger partial charge in [-0.15, -0.1) is 0 Å².